The Morgan fingerprint density at radius 2 is 1.87 bits per heavy atom. The second-order valence-electron chi connectivity index (χ2n) is 9.79. The lowest BCUT2D eigenvalue weighted by atomic mass is 9.74. The van der Waals surface area contributed by atoms with Crippen molar-refractivity contribution in [2.75, 3.05) is 54.6 Å². The van der Waals surface area contributed by atoms with Crippen molar-refractivity contribution in [3.63, 3.8) is 0 Å². The monoisotopic (exact) mass is 432 g/mol. The smallest absolute Gasteiger partial charge is 0.307 e. The third-order valence-corrected chi connectivity index (χ3v) is 6.77. The zero-order valence-corrected chi connectivity index (χ0v) is 20.1. The largest absolute Gasteiger partial charge is 0.493 e. The summed E-state index contributed by atoms with van der Waals surface area (Å²) in [7, 11) is 7.34. The third kappa shape index (κ3) is 5.92. The van der Waals surface area contributed by atoms with Gasteiger partial charge in [-0.15, -0.1) is 0 Å². The van der Waals surface area contributed by atoms with Crippen LogP contribution in [-0.2, 0) is 16.0 Å². The minimum atomic E-state index is -0.0881. The van der Waals surface area contributed by atoms with Crippen LogP contribution in [0.5, 0.6) is 11.5 Å². The topological polar surface area (TPSA) is 51.2 Å². The zero-order valence-electron chi connectivity index (χ0n) is 20.1. The van der Waals surface area contributed by atoms with Crippen molar-refractivity contribution < 1.29 is 19.0 Å². The Kier molecular flexibility index (Phi) is 8.23. The summed E-state index contributed by atoms with van der Waals surface area (Å²) in [6.45, 7) is 7.96. The highest BCUT2D eigenvalue weighted by Gasteiger charge is 2.40. The summed E-state index contributed by atoms with van der Waals surface area (Å²) >= 11 is 0. The van der Waals surface area contributed by atoms with Crippen LogP contribution >= 0.6 is 0 Å². The quantitative estimate of drug-likeness (QED) is 0.554. The fraction of sp³-hybridized carbons (Fsp3) is 0.720. The van der Waals surface area contributed by atoms with Crippen molar-refractivity contribution in [1.82, 2.24) is 9.80 Å². The van der Waals surface area contributed by atoms with Gasteiger partial charge in [0.25, 0.3) is 0 Å². The molecule has 6 nitrogen and oxygen atoms in total. The molecule has 1 aromatic carbocycles. The number of nitrogens with zero attached hydrogens (tertiary/aromatic N) is 2. The molecular formula is C25H40N2O4. The Balaban J connectivity index is 1.77. The fourth-order valence-corrected chi connectivity index (χ4v) is 5.17. The van der Waals surface area contributed by atoms with Gasteiger partial charge in [-0.1, -0.05) is 13.8 Å². The molecule has 0 saturated carbocycles. The first-order valence-corrected chi connectivity index (χ1v) is 11.6. The summed E-state index contributed by atoms with van der Waals surface area (Å²) in [6, 6.07) is 4.65. The number of carbonyl (C=O) groups is 1. The Morgan fingerprint density at radius 3 is 2.52 bits per heavy atom. The summed E-state index contributed by atoms with van der Waals surface area (Å²) in [5.41, 5.74) is 2.69. The van der Waals surface area contributed by atoms with E-state index < -0.39 is 0 Å². The van der Waals surface area contributed by atoms with Crippen LogP contribution in [0.3, 0.4) is 0 Å². The average molecular weight is 433 g/mol. The van der Waals surface area contributed by atoms with E-state index in [1.54, 1.807) is 14.2 Å². The lowest BCUT2D eigenvalue weighted by molar-refractivity contribution is -0.147. The lowest BCUT2D eigenvalue weighted by Crippen LogP contribution is -2.47. The minimum Gasteiger partial charge on any atom is -0.493 e. The standard InChI is InChI=1S/C25H40N2O4/c1-17(2)11-19-15-27-10-7-18-13-23(29-5)24(30-6)14-21(18)22(27)12-20(19)16-31-25(28)8-9-26(3)4/h13-14,17,19-20,22H,7-12,15-16H2,1-6H3/t19-,20+,22-/m1/s1. The molecule has 2 aliphatic rings. The molecule has 0 radical (unpaired) electrons. The van der Waals surface area contributed by atoms with Gasteiger partial charge in [0.05, 0.1) is 27.2 Å². The highest BCUT2D eigenvalue weighted by Crippen LogP contribution is 2.45. The van der Waals surface area contributed by atoms with Crippen molar-refractivity contribution >= 4 is 5.97 Å². The molecular weight excluding hydrogens is 392 g/mol. The van der Waals surface area contributed by atoms with E-state index in [0.717, 1.165) is 44.0 Å². The molecule has 0 amide bonds. The number of carbonyl (C=O) groups excluding carboxylic acids is 1. The molecule has 2 aliphatic heterocycles. The summed E-state index contributed by atoms with van der Waals surface area (Å²) in [6.07, 6.45) is 3.66. The SMILES string of the molecule is COc1cc2c(cc1OC)[C@H]1C[C@@H](COC(=O)CCN(C)C)[C@H](CC(C)C)CN1CC2. The molecule has 3 atom stereocenters. The van der Waals surface area contributed by atoms with E-state index in [-0.39, 0.29) is 5.97 Å². The van der Waals surface area contributed by atoms with E-state index >= 15 is 0 Å². The van der Waals surface area contributed by atoms with Crippen LogP contribution < -0.4 is 9.47 Å². The van der Waals surface area contributed by atoms with Crippen LogP contribution in [0.4, 0.5) is 0 Å². The molecule has 0 spiro atoms. The number of hydrogen-bond acceptors (Lipinski definition) is 6. The van der Waals surface area contributed by atoms with Crippen LogP contribution in [0.15, 0.2) is 12.1 Å². The fourth-order valence-electron chi connectivity index (χ4n) is 5.17. The lowest BCUT2D eigenvalue weighted by Gasteiger charge is -2.47. The van der Waals surface area contributed by atoms with Crippen molar-refractivity contribution in [3.8, 4) is 11.5 Å². The van der Waals surface area contributed by atoms with Gasteiger partial charge in [-0.25, -0.2) is 0 Å². The molecule has 0 aliphatic carbocycles. The normalized spacial score (nSPS) is 23.4. The van der Waals surface area contributed by atoms with Crippen molar-refractivity contribution in [1.29, 1.82) is 0 Å². The summed E-state index contributed by atoms with van der Waals surface area (Å²) < 4.78 is 16.9. The van der Waals surface area contributed by atoms with Crippen molar-refractivity contribution in [2.24, 2.45) is 17.8 Å². The van der Waals surface area contributed by atoms with E-state index in [0.29, 0.717) is 36.8 Å². The molecule has 174 valence electrons. The van der Waals surface area contributed by atoms with Gasteiger partial charge in [-0.05, 0) is 74.4 Å². The van der Waals surface area contributed by atoms with Gasteiger partial charge in [0, 0.05) is 25.7 Å². The van der Waals surface area contributed by atoms with Crippen LogP contribution in [0.2, 0.25) is 0 Å². The predicted molar refractivity (Wildman–Crippen MR) is 123 cm³/mol. The Morgan fingerprint density at radius 1 is 1.16 bits per heavy atom. The number of ether oxygens (including phenoxy) is 3. The first-order valence-electron chi connectivity index (χ1n) is 11.6. The molecule has 1 saturated heterocycles. The highest BCUT2D eigenvalue weighted by molar-refractivity contribution is 5.69. The molecule has 2 heterocycles. The Labute approximate surface area is 187 Å². The molecule has 6 heteroatoms. The van der Waals surface area contributed by atoms with Crippen molar-refractivity contribution in [2.45, 2.75) is 45.6 Å². The molecule has 0 aromatic heterocycles. The van der Waals surface area contributed by atoms with E-state index in [4.69, 9.17) is 14.2 Å². The molecule has 31 heavy (non-hydrogen) atoms. The second-order valence-corrected chi connectivity index (χ2v) is 9.79. The van der Waals surface area contributed by atoms with Crippen LogP contribution in [0, 0.1) is 17.8 Å². The zero-order chi connectivity index (χ0) is 22.5. The molecule has 0 unspecified atom stereocenters. The maximum Gasteiger partial charge on any atom is 0.307 e. The summed E-state index contributed by atoms with van der Waals surface area (Å²) in [4.78, 5) is 16.9. The Bertz CT molecular complexity index is 749. The highest BCUT2D eigenvalue weighted by atomic mass is 16.5. The van der Waals surface area contributed by atoms with Gasteiger partial charge in [-0.3, -0.25) is 9.69 Å². The Hall–Kier alpha value is -1.79. The van der Waals surface area contributed by atoms with E-state index in [9.17, 15) is 4.79 Å². The van der Waals surface area contributed by atoms with Crippen LogP contribution in [-0.4, -0.2) is 70.3 Å². The van der Waals surface area contributed by atoms with Gasteiger partial charge in [-0.2, -0.15) is 0 Å². The maximum atomic E-state index is 12.3. The number of methoxy groups -OCH3 is 2. The number of rotatable bonds is 9. The van der Waals surface area contributed by atoms with E-state index in [1.165, 1.54) is 17.5 Å². The summed E-state index contributed by atoms with van der Waals surface area (Å²) in [5, 5.41) is 0. The third-order valence-electron chi connectivity index (χ3n) is 6.77. The molecule has 0 N–H and O–H groups in total. The predicted octanol–water partition coefficient (Wildman–Crippen LogP) is 3.78. The van der Waals surface area contributed by atoms with E-state index in [2.05, 4.69) is 30.9 Å². The van der Waals surface area contributed by atoms with Gasteiger partial charge in [0.1, 0.15) is 0 Å². The van der Waals surface area contributed by atoms with Crippen molar-refractivity contribution in [3.05, 3.63) is 23.3 Å². The van der Waals surface area contributed by atoms with Gasteiger partial charge in [0.15, 0.2) is 11.5 Å². The molecule has 1 aromatic rings. The number of hydrogen-bond donors (Lipinski definition) is 0. The maximum absolute atomic E-state index is 12.3. The number of fused-ring (bicyclic) bond motifs is 3. The van der Waals surface area contributed by atoms with Crippen LogP contribution in [0.25, 0.3) is 0 Å². The van der Waals surface area contributed by atoms with Gasteiger partial charge in [0.2, 0.25) is 0 Å². The summed E-state index contributed by atoms with van der Waals surface area (Å²) in [5.74, 6) is 3.07. The van der Waals surface area contributed by atoms with Gasteiger partial charge >= 0.3 is 5.97 Å². The second kappa shape index (κ2) is 10.7. The first-order chi connectivity index (χ1) is 14.8. The first kappa shape index (κ1) is 23.9. The van der Waals surface area contributed by atoms with Gasteiger partial charge < -0.3 is 19.1 Å². The number of piperidine rings is 1. The molecule has 3 rings (SSSR count). The number of esters is 1. The minimum absolute atomic E-state index is 0.0881. The van der Waals surface area contributed by atoms with E-state index in [1.807, 2.05) is 19.0 Å². The molecule has 1 fully saturated rings. The molecule has 0 bridgehead atoms. The van der Waals surface area contributed by atoms with Crippen LogP contribution in [0.1, 0.15) is 50.3 Å². The average Bonchev–Trinajstić information content (AvgIpc) is 2.74. The number of benzene rings is 1.